The van der Waals surface area contributed by atoms with E-state index in [2.05, 4.69) is 9.97 Å². The molecule has 3 rings (SSSR count). The SMILES string of the molecule is CCN(c1cccc(C)c1)c1ncnc(Sc2ccccc2)c1[N+](=O)[O-]. The van der Waals surface area contributed by atoms with Gasteiger partial charge in [0.15, 0.2) is 5.03 Å². The van der Waals surface area contributed by atoms with Gasteiger partial charge in [0.25, 0.3) is 0 Å². The smallest absolute Gasteiger partial charge is 0.321 e. The number of hydrogen-bond acceptors (Lipinski definition) is 6. The van der Waals surface area contributed by atoms with Crippen molar-refractivity contribution in [1.29, 1.82) is 0 Å². The van der Waals surface area contributed by atoms with E-state index < -0.39 is 4.92 Å². The standard InChI is InChI=1S/C19H18N4O2S/c1-3-22(15-9-7-8-14(2)12-15)18-17(23(24)25)19(21-13-20-18)26-16-10-5-4-6-11-16/h4-13H,3H2,1-2H3. The molecule has 0 aliphatic carbocycles. The molecule has 132 valence electrons. The fraction of sp³-hybridized carbons (Fsp3) is 0.158. The summed E-state index contributed by atoms with van der Waals surface area (Å²) in [4.78, 5) is 22.6. The lowest BCUT2D eigenvalue weighted by Crippen LogP contribution is -2.19. The predicted octanol–water partition coefficient (Wildman–Crippen LogP) is 5.00. The largest absolute Gasteiger partial charge is 0.344 e. The van der Waals surface area contributed by atoms with Gasteiger partial charge in [-0.05, 0) is 43.7 Å². The summed E-state index contributed by atoms with van der Waals surface area (Å²) < 4.78 is 0. The van der Waals surface area contributed by atoms with Gasteiger partial charge in [0.1, 0.15) is 6.33 Å². The van der Waals surface area contributed by atoms with Crippen LogP contribution < -0.4 is 4.90 Å². The summed E-state index contributed by atoms with van der Waals surface area (Å²) >= 11 is 1.26. The Morgan fingerprint density at radius 1 is 1.12 bits per heavy atom. The van der Waals surface area contributed by atoms with Crippen molar-refractivity contribution >= 4 is 29.0 Å². The Balaban J connectivity index is 2.09. The predicted molar refractivity (Wildman–Crippen MR) is 103 cm³/mol. The first kappa shape index (κ1) is 17.9. The Bertz CT molecular complexity index is 918. The van der Waals surface area contributed by atoms with Gasteiger partial charge in [0.05, 0.1) is 4.92 Å². The van der Waals surface area contributed by atoms with Gasteiger partial charge < -0.3 is 4.90 Å². The highest BCUT2D eigenvalue weighted by Crippen LogP contribution is 2.39. The fourth-order valence-corrected chi connectivity index (χ4v) is 3.52. The first-order chi connectivity index (χ1) is 12.6. The van der Waals surface area contributed by atoms with Crippen LogP contribution >= 0.6 is 11.8 Å². The molecule has 3 aromatic rings. The van der Waals surface area contributed by atoms with Crippen molar-refractivity contribution in [2.75, 3.05) is 11.4 Å². The monoisotopic (exact) mass is 366 g/mol. The maximum Gasteiger partial charge on any atom is 0.344 e. The molecule has 0 bridgehead atoms. The number of aryl methyl sites for hydroxylation is 1. The molecule has 0 radical (unpaired) electrons. The molecule has 0 aliphatic rings. The maximum atomic E-state index is 11.8. The number of nitrogens with zero attached hydrogens (tertiary/aromatic N) is 4. The van der Waals surface area contributed by atoms with Crippen molar-refractivity contribution < 1.29 is 4.92 Å². The topological polar surface area (TPSA) is 72.2 Å². The third-order valence-corrected chi connectivity index (χ3v) is 4.79. The van der Waals surface area contributed by atoms with Crippen LogP contribution in [0.3, 0.4) is 0 Å². The van der Waals surface area contributed by atoms with E-state index >= 15 is 0 Å². The minimum atomic E-state index is -0.404. The van der Waals surface area contributed by atoms with Gasteiger partial charge in [-0.15, -0.1) is 0 Å². The third-order valence-electron chi connectivity index (χ3n) is 3.79. The highest BCUT2D eigenvalue weighted by Gasteiger charge is 2.27. The van der Waals surface area contributed by atoms with Crippen molar-refractivity contribution in [3.63, 3.8) is 0 Å². The van der Waals surface area contributed by atoms with Crippen LogP contribution in [0.1, 0.15) is 12.5 Å². The molecule has 0 fully saturated rings. The van der Waals surface area contributed by atoms with Gasteiger partial charge in [0, 0.05) is 17.1 Å². The summed E-state index contributed by atoms with van der Waals surface area (Å²) in [7, 11) is 0. The number of benzene rings is 2. The van der Waals surface area contributed by atoms with Crippen molar-refractivity contribution in [3.8, 4) is 0 Å². The average Bonchev–Trinajstić information content (AvgIpc) is 2.63. The normalized spacial score (nSPS) is 10.5. The summed E-state index contributed by atoms with van der Waals surface area (Å²) in [5.41, 5.74) is 1.87. The van der Waals surface area contributed by atoms with Crippen LogP contribution in [0.5, 0.6) is 0 Å². The van der Waals surface area contributed by atoms with Crippen LogP contribution in [0.25, 0.3) is 0 Å². The lowest BCUT2D eigenvalue weighted by atomic mass is 10.2. The second-order valence-electron chi connectivity index (χ2n) is 5.61. The van der Waals surface area contributed by atoms with Gasteiger partial charge in [-0.25, -0.2) is 9.97 Å². The summed E-state index contributed by atoms with van der Waals surface area (Å²) in [5.74, 6) is 0.302. The Kier molecular flexibility index (Phi) is 5.48. The van der Waals surface area contributed by atoms with E-state index in [1.54, 1.807) is 0 Å². The van der Waals surface area contributed by atoms with Crippen LogP contribution in [0.15, 0.2) is 70.8 Å². The molecule has 0 amide bonds. The van der Waals surface area contributed by atoms with E-state index in [0.717, 1.165) is 16.1 Å². The zero-order valence-electron chi connectivity index (χ0n) is 14.5. The zero-order valence-corrected chi connectivity index (χ0v) is 15.3. The van der Waals surface area contributed by atoms with Crippen molar-refractivity contribution in [2.45, 2.75) is 23.8 Å². The van der Waals surface area contributed by atoms with Crippen molar-refractivity contribution in [1.82, 2.24) is 9.97 Å². The van der Waals surface area contributed by atoms with Gasteiger partial charge in [-0.2, -0.15) is 0 Å². The van der Waals surface area contributed by atoms with Crippen molar-refractivity contribution in [2.24, 2.45) is 0 Å². The van der Waals surface area contributed by atoms with Crippen LogP contribution in [-0.4, -0.2) is 21.4 Å². The fourth-order valence-electron chi connectivity index (χ4n) is 2.64. The zero-order chi connectivity index (χ0) is 18.5. The first-order valence-electron chi connectivity index (χ1n) is 8.16. The molecule has 0 atom stereocenters. The molecular weight excluding hydrogens is 348 g/mol. The van der Waals surface area contributed by atoms with E-state index in [1.807, 2.05) is 73.3 Å². The molecule has 1 heterocycles. The third kappa shape index (κ3) is 3.83. The molecule has 0 saturated heterocycles. The number of nitro groups is 1. The quantitative estimate of drug-likeness (QED) is 0.347. The van der Waals surface area contributed by atoms with Crippen LogP contribution in [0, 0.1) is 17.0 Å². The average molecular weight is 366 g/mol. The Morgan fingerprint density at radius 2 is 1.88 bits per heavy atom. The van der Waals surface area contributed by atoms with Gasteiger partial charge in [0.2, 0.25) is 5.82 Å². The van der Waals surface area contributed by atoms with Crippen molar-refractivity contribution in [3.05, 3.63) is 76.6 Å². The molecular formula is C19H18N4O2S. The van der Waals surface area contributed by atoms with E-state index in [1.165, 1.54) is 18.1 Å². The minimum absolute atomic E-state index is 0.0790. The summed E-state index contributed by atoms with van der Waals surface area (Å²) in [6.07, 6.45) is 1.38. The summed E-state index contributed by atoms with van der Waals surface area (Å²) in [6.45, 7) is 4.48. The highest BCUT2D eigenvalue weighted by molar-refractivity contribution is 7.99. The van der Waals surface area contributed by atoms with E-state index in [4.69, 9.17) is 0 Å². The Morgan fingerprint density at radius 3 is 2.54 bits per heavy atom. The Hall–Kier alpha value is -2.93. The van der Waals surface area contributed by atoms with Gasteiger partial charge in [-0.1, -0.05) is 42.1 Å². The lowest BCUT2D eigenvalue weighted by molar-refractivity contribution is -0.387. The molecule has 26 heavy (non-hydrogen) atoms. The molecule has 0 spiro atoms. The van der Waals surface area contributed by atoms with E-state index in [-0.39, 0.29) is 5.69 Å². The van der Waals surface area contributed by atoms with Crippen LogP contribution in [-0.2, 0) is 0 Å². The Labute approximate surface area is 156 Å². The van der Waals surface area contributed by atoms with E-state index in [0.29, 0.717) is 17.4 Å². The van der Waals surface area contributed by atoms with E-state index in [9.17, 15) is 10.1 Å². The molecule has 2 aromatic carbocycles. The number of aromatic nitrogens is 2. The molecule has 0 saturated carbocycles. The lowest BCUT2D eigenvalue weighted by Gasteiger charge is -2.22. The molecule has 1 aromatic heterocycles. The summed E-state index contributed by atoms with van der Waals surface area (Å²) in [5, 5.41) is 12.2. The van der Waals surface area contributed by atoms with Gasteiger partial charge >= 0.3 is 5.69 Å². The van der Waals surface area contributed by atoms with Gasteiger partial charge in [-0.3, -0.25) is 10.1 Å². The number of anilines is 2. The molecule has 6 nitrogen and oxygen atoms in total. The second kappa shape index (κ2) is 7.97. The highest BCUT2D eigenvalue weighted by atomic mass is 32.2. The molecule has 0 N–H and O–H groups in total. The maximum absolute atomic E-state index is 11.8. The minimum Gasteiger partial charge on any atom is -0.321 e. The molecule has 7 heteroatoms. The molecule has 0 aliphatic heterocycles. The number of rotatable bonds is 6. The van der Waals surface area contributed by atoms with Crippen LogP contribution in [0.4, 0.5) is 17.2 Å². The number of hydrogen-bond donors (Lipinski definition) is 0. The summed E-state index contributed by atoms with van der Waals surface area (Å²) in [6, 6.07) is 17.3. The molecule has 0 unspecified atom stereocenters. The van der Waals surface area contributed by atoms with Crippen LogP contribution in [0.2, 0.25) is 0 Å². The first-order valence-corrected chi connectivity index (χ1v) is 8.98. The second-order valence-corrected chi connectivity index (χ2v) is 6.67.